The van der Waals surface area contributed by atoms with E-state index in [-0.39, 0.29) is 5.41 Å². The fourth-order valence-electron chi connectivity index (χ4n) is 7.00. The van der Waals surface area contributed by atoms with Crippen LogP contribution in [0.4, 0.5) is 11.4 Å². The number of hydrogen-bond donors (Lipinski definition) is 1. The van der Waals surface area contributed by atoms with Crippen LogP contribution in [0.25, 0.3) is 0 Å². The van der Waals surface area contributed by atoms with Crippen LogP contribution in [0.5, 0.6) is 0 Å². The maximum absolute atomic E-state index is 13.6. The monoisotopic (exact) mass is 412 g/mol. The van der Waals surface area contributed by atoms with Crippen LogP contribution in [0.1, 0.15) is 57.4 Å². The summed E-state index contributed by atoms with van der Waals surface area (Å²) in [6.45, 7) is 10.5. The Balaban J connectivity index is 1.46. The Kier molecular flexibility index (Phi) is 5.41. The average molecular weight is 413 g/mol. The van der Waals surface area contributed by atoms with E-state index >= 15 is 0 Å². The molecule has 5 heteroatoms. The van der Waals surface area contributed by atoms with Gasteiger partial charge in [-0.05, 0) is 51.2 Å². The minimum Gasteiger partial charge on any atom is -0.381 e. The molecule has 1 aromatic carbocycles. The number of ether oxygens (including phenoxy) is 1. The molecule has 5 nitrogen and oxygen atoms in total. The third kappa shape index (κ3) is 3.12. The average Bonchev–Trinajstić information content (AvgIpc) is 3.42. The van der Waals surface area contributed by atoms with E-state index < -0.39 is 0 Å². The van der Waals surface area contributed by atoms with Crippen LogP contribution in [-0.4, -0.2) is 57.4 Å². The van der Waals surface area contributed by atoms with Gasteiger partial charge in [0.2, 0.25) is 5.91 Å². The molecule has 0 saturated carbocycles. The zero-order valence-electron chi connectivity index (χ0n) is 18.8. The number of carbonyl (C=O) groups excluding carboxylic acids is 1. The number of anilines is 1. The highest BCUT2D eigenvalue weighted by Crippen LogP contribution is 2.44. The summed E-state index contributed by atoms with van der Waals surface area (Å²) in [6.07, 6.45) is 7.77. The molecule has 4 aliphatic rings. The Labute approximate surface area is 181 Å². The number of aryl methyl sites for hydroxylation is 1. The molecule has 1 N–H and O–H groups in total. The van der Waals surface area contributed by atoms with Gasteiger partial charge in [-0.3, -0.25) is 9.28 Å². The van der Waals surface area contributed by atoms with Crippen LogP contribution in [0.2, 0.25) is 0 Å². The molecule has 5 rings (SSSR count). The zero-order chi connectivity index (χ0) is 20.8. The second-order valence-corrected chi connectivity index (χ2v) is 10.2. The predicted molar refractivity (Wildman–Crippen MR) is 122 cm³/mol. The fourth-order valence-corrected chi connectivity index (χ4v) is 7.00. The molecule has 3 atom stereocenters. The largest absolute Gasteiger partial charge is 0.381 e. The lowest BCUT2D eigenvalue weighted by molar-refractivity contribution is -0.136. The normalized spacial score (nSPS) is 34.1. The number of quaternary nitrogens is 1. The van der Waals surface area contributed by atoms with Gasteiger partial charge in [0.25, 0.3) is 0 Å². The van der Waals surface area contributed by atoms with Gasteiger partial charge >= 0.3 is 0 Å². The molecule has 0 bridgehead atoms. The SMILES string of the molecule is Cc1cc([N+]2([C@H]3CCNC3)CCC[C@@H]2C)ccc1N1CCCC2(CCOCC2)C1=O. The lowest BCUT2D eigenvalue weighted by atomic mass is 9.73. The number of amides is 1. The number of nitrogens with one attached hydrogen (secondary N) is 1. The van der Waals surface area contributed by atoms with Crippen molar-refractivity contribution in [1.82, 2.24) is 9.80 Å². The van der Waals surface area contributed by atoms with E-state index in [1.54, 1.807) is 0 Å². The first-order valence-corrected chi connectivity index (χ1v) is 12.2. The number of piperidine rings is 1. The van der Waals surface area contributed by atoms with Crippen molar-refractivity contribution in [3.05, 3.63) is 23.8 Å². The van der Waals surface area contributed by atoms with E-state index in [1.165, 1.54) is 37.1 Å². The molecule has 4 fully saturated rings. The molecule has 164 valence electrons. The molecule has 4 heterocycles. The van der Waals surface area contributed by atoms with E-state index in [0.717, 1.165) is 68.7 Å². The van der Waals surface area contributed by atoms with Gasteiger partial charge in [-0.1, -0.05) is 0 Å². The van der Waals surface area contributed by atoms with Crippen LogP contribution in [0.15, 0.2) is 18.2 Å². The molecule has 1 amide bonds. The highest BCUT2D eigenvalue weighted by atomic mass is 16.5. The standard InChI is InChI=1S/C25H38N3O2/c1-19-17-21(28(14-3-5-20(28)2)22-8-12-26-18-22)6-7-23(19)27-13-4-9-25(24(27)29)10-15-30-16-11-25/h6-7,17,20,22,26H,3-5,8-16,18H2,1-2H3/q+1/t20-,22-,28?/m0/s1. The van der Waals surface area contributed by atoms with Gasteiger partial charge in [-0.25, -0.2) is 0 Å². The summed E-state index contributed by atoms with van der Waals surface area (Å²) in [5.74, 6) is 0.339. The summed E-state index contributed by atoms with van der Waals surface area (Å²) in [5, 5.41) is 3.60. The minimum atomic E-state index is -0.186. The van der Waals surface area contributed by atoms with Crippen molar-refractivity contribution < 1.29 is 9.53 Å². The second kappa shape index (κ2) is 7.92. The van der Waals surface area contributed by atoms with Crippen molar-refractivity contribution in [3.8, 4) is 0 Å². The van der Waals surface area contributed by atoms with Crippen LogP contribution in [0, 0.1) is 12.3 Å². The molecule has 0 aromatic heterocycles. The molecule has 4 aliphatic heterocycles. The van der Waals surface area contributed by atoms with Crippen molar-refractivity contribution in [3.63, 3.8) is 0 Å². The van der Waals surface area contributed by atoms with E-state index in [9.17, 15) is 4.79 Å². The van der Waals surface area contributed by atoms with Crippen LogP contribution >= 0.6 is 0 Å². The smallest absolute Gasteiger partial charge is 0.233 e. The van der Waals surface area contributed by atoms with E-state index in [0.29, 0.717) is 18.0 Å². The fraction of sp³-hybridized carbons (Fsp3) is 0.720. The number of hydrogen-bond acceptors (Lipinski definition) is 3. The Morgan fingerprint density at radius 2 is 2.00 bits per heavy atom. The number of carbonyl (C=O) groups is 1. The van der Waals surface area contributed by atoms with Gasteiger partial charge in [0.1, 0.15) is 11.7 Å². The number of rotatable bonds is 3. The highest BCUT2D eigenvalue weighted by molar-refractivity contribution is 5.99. The van der Waals surface area contributed by atoms with Gasteiger partial charge in [-0.2, -0.15) is 0 Å². The lowest BCUT2D eigenvalue weighted by Crippen LogP contribution is -2.59. The summed E-state index contributed by atoms with van der Waals surface area (Å²) in [4.78, 5) is 15.7. The number of likely N-dealkylation sites (tertiary alicyclic amines) is 1. The third-order valence-corrected chi connectivity index (χ3v) is 8.76. The number of nitrogens with zero attached hydrogens (tertiary/aromatic N) is 2. The van der Waals surface area contributed by atoms with E-state index in [1.807, 2.05) is 0 Å². The van der Waals surface area contributed by atoms with E-state index in [4.69, 9.17) is 4.74 Å². The summed E-state index contributed by atoms with van der Waals surface area (Å²) >= 11 is 0. The molecular formula is C25H38N3O2+. The van der Waals surface area contributed by atoms with Gasteiger partial charge in [0.15, 0.2) is 0 Å². The topological polar surface area (TPSA) is 41.6 Å². The number of benzene rings is 1. The molecule has 1 spiro atoms. The first-order valence-electron chi connectivity index (χ1n) is 12.2. The molecule has 1 aromatic rings. The molecular weight excluding hydrogens is 374 g/mol. The third-order valence-electron chi connectivity index (χ3n) is 8.76. The van der Waals surface area contributed by atoms with Crippen LogP contribution < -0.4 is 14.7 Å². The quantitative estimate of drug-likeness (QED) is 0.769. The van der Waals surface area contributed by atoms with Crippen molar-refractivity contribution >= 4 is 17.3 Å². The first-order chi connectivity index (χ1) is 14.6. The highest BCUT2D eigenvalue weighted by Gasteiger charge is 2.49. The van der Waals surface area contributed by atoms with Crippen molar-refractivity contribution in [2.24, 2.45) is 5.41 Å². The predicted octanol–water partition coefficient (Wildman–Crippen LogP) is 3.77. The summed E-state index contributed by atoms with van der Waals surface area (Å²) in [5.41, 5.74) is 3.66. The van der Waals surface area contributed by atoms with Crippen molar-refractivity contribution in [2.45, 2.75) is 70.9 Å². The molecule has 1 unspecified atom stereocenters. The molecule has 30 heavy (non-hydrogen) atoms. The van der Waals surface area contributed by atoms with Crippen molar-refractivity contribution in [1.29, 1.82) is 0 Å². The maximum Gasteiger partial charge on any atom is 0.233 e. The maximum atomic E-state index is 13.6. The molecule has 0 aliphatic carbocycles. The van der Waals surface area contributed by atoms with Crippen molar-refractivity contribution in [2.75, 3.05) is 44.3 Å². The lowest BCUT2D eigenvalue weighted by Gasteiger charge is -2.45. The summed E-state index contributed by atoms with van der Waals surface area (Å²) < 4.78 is 6.70. The van der Waals surface area contributed by atoms with E-state index in [2.05, 4.69) is 42.3 Å². The van der Waals surface area contributed by atoms with Gasteiger partial charge in [0.05, 0.1) is 18.0 Å². The first kappa shape index (κ1) is 20.5. The summed E-state index contributed by atoms with van der Waals surface area (Å²) in [7, 11) is 0. The van der Waals surface area contributed by atoms with Crippen LogP contribution in [0.3, 0.4) is 0 Å². The Morgan fingerprint density at radius 3 is 2.67 bits per heavy atom. The van der Waals surface area contributed by atoms with Gasteiger partial charge in [0, 0.05) is 69.9 Å². The van der Waals surface area contributed by atoms with Gasteiger partial charge < -0.3 is 15.0 Å². The molecule has 0 radical (unpaired) electrons. The Bertz CT molecular complexity index is 792. The Morgan fingerprint density at radius 1 is 1.17 bits per heavy atom. The zero-order valence-corrected chi connectivity index (χ0v) is 18.8. The summed E-state index contributed by atoms with van der Waals surface area (Å²) in [6, 6.07) is 8.36. The van der Waals surface area contributed by atoms with Crippen LogP contribution in [-0.2, 0) is 9.53 Å². The Hall–Kier alpha value is -1.43. The van der Waals surface area contributed by atoms with Gasteiger partial charge in [-0.15, -0.1) is 0 Å². The molecule has 4 saturated heterocycles. The second-order valence-electron chi connectivity index (χ2n) is 10.2. The minimum absolute atomic E-state index is 0.186.